The molecule has 1 heterocycles. The van der Waals surface area contributed by atoms with E-state index in [4.69, 9.17) is 0 Å². The molecule has 4 nitrogen and oxygen atoms in total. The zero-order valence-electron chi connectivity index (χ0n) is 10.6. The zero-order valence-corrected chi connectivity index (χ0v) is 10.6. The van der Waals surface area contributed by atoms with Crippen LogP contribution in [0.25, 0.3) is 0 Å². The number of nitrogens with zero attached hydrogens (tertiary/aromatic N) is 2. The molecule has 0 spiro atoms. The van der Waals surface area contributed by atoms with E-state index in [1.165, 1.54) is 5.06 Å². The largest absolute Gasteiger partial charge is 0.387 e. The molecule has 2 N–H and O–H groups in total. The van der Waals surface area contributed by atoms with Gasteiger partial charge < -0.3 is 10.3 Å². The summed E-state index contributed by atoms with van der Waals surface area (Å²) in [6.45, 7) is 2.38. The van der Waals surface area contributed by atoms with Crippen molar-refractivity contribution < 1.29 is 10.3 Å². The first-order valence-electron chi connectivity index (χ1n) is 6.42. The van der Waals surface area contributed by atoms with Crippen molar-refractivity contribution in [3.05, 3.63) is 42.2 Å². The standard InChI is InChI=1S/C14H20N2O2/c1-2-16(18)13(11-6-3-4-7-11)14(17)12-8-5-9-15-10-12/h3-5,8-11,13-14,17-18H,2,6-7H2,1H3. The van der Waals surface area contributed by atoms with Gasteiger partial charge in [-0.05, 0) is 24.8 Å². The molecule has 0 fully saturated rings. The lowest BCUT2D eigenvalue weighted by atomic mass is 9.89. The maximum Gasteiger partial charge on any atom is 0.0986 e. The van der Waals surface area contributed by atoms with E-state index in [0.717, 1.165) is 18.4 Å². The molecule has 98 valence electrons. The molecule has 2 atom stereocenters. The Labute approximate surface area is 108 Å². The van der Waals surface area contributed by atoms with Crippen LogP contribution in [-0.2, 0) is 0 Å². The zero-order chi connectivity index (χ0) is 13.0. The lowest BCUT2D eigenvalue weighted by Crippen LogP contribution is -2.42. The highest BCUT2D eigenvalue weighted by atomic mass is 16.5. The summed E-state index contributed by atoms with van der Waals surface area (Å²) in [5.41, 5.74) is 0.752. The van der Waals surface area contributed by atoms with Gasteiger partial charge in [-0.2, -0.15) is 5.06 Å². The third-order valence-corrected chi connectivity index (χ3v) is 3.54. The van der Waals surface area contributed by atoms with Crippen LogP contribution >= 0.6 is 0 Å². The number of likely N-dealkylation sites (N-methyl/N-ethyl adjacent to an activating group) is 1. The number of aliphatic hydroxyl groups is 1. The molecular weight excluding hydrogens is 228 g/mol. The van der Waals surface area contributed by atoms with Crippen LogP contribution in [0.1, 0.15) is 31.4 Å². The normalized spacial score (nSPS) is 19.3. The molecule has 4 heteroatoms. The average molecular weight is 248 g/mol. The lowest BCUT2D eigenvalue weighted by molar-refractivity contribution is -0.168. The number of allylic oxidation sites excluding steroid dienone is 2. The minimum Gasteiger partial charge on any atom is -0.387 e. The van der Waals surface area contributed by atoms with Gasteiger partial charge >= 0.3 is 0 Å². The predicted molar refractivity (Wildman–Crippen MR) is 69.0 cm³/mol. The molecule has 0 amide bonds. The first-order chi connectivity index (χ1) is 8.74. The van der Waals surface area contributed by atoms with Crippen LogP contribution in [-0.4, -0.2) is 32.9 Å². The van der Waals surface area contributed by atoms with Crippen LogP contribution in [0.4, 0.5) is 0 Å². The van der Waals surface area contributed by atoms with E-state index >= 15 is 0 Å². The van der Waals surface area contributed by atoms with Gasteiger partial charge in [-0.25, -0.2) is 0 Å². The summed E-state index contributed by atoms with van der Waals surface area (Å²) in [5, 5.41) is 21.8. The van der Waals surface area contributed by atoms with Gasteiger partial charge in [-0.3, -0.25) is 4.98 Å². The van der Waals surface area contributed by atoms with Crippen LogP contribution in [0.3, 0.4) is 0 Å². The van der Waals surface area contributed by atoms with Crippen molar-refractivity contribution >= 4 is 0 Å². The highest BCUT2D eigenvalue weighted by Crippen LogP contribution is 2.32. The van der Waals surface area contributed by atoms with Crippen LogP contribution in [0, 0.1) is 5.92 Å². The van der Waals surface area contributed by atoms with Crippen molar-refractivity contribution in [2.75, 3.05) is 6.54 Å². The topological polar surface area (TPSA) is 56.6 Å². The second-order valence-electron chi connectivity index (χ2n) is 4.68. The molecule has 0 saturated carbocycles. The molecular formula is C14H20N2O2. The Kier molecular flexibility index (Phi) is 4.47. The quantitative estimate of drug-likeness (QED) is 0.619. The molecule has 0 saturated heterocycles. The molecule has 1 aromatic rings. The number of hydrogen-bond acceptors (Lipinski definition) is 4. The van der Waals surface area contributed by atoms with Crippen molar-refractivity contribution in [2.45, 2.75) is 31.9 Å². The van der Waals surface area contributed by atoms with E-state index in [0.29, 0.717) is 6.54 Å². The molecule has 1 aromatic heterocycles. The Morgan fingerprint density at radius 2 is 2.17 bits per heavy atom. The summed E-state index contributed by atoms with van der Waals surface area (Å²) in [5.74, 6) is 0.255. The number of hydrogen-bond donors (Lipinski definition) is 2. The summed E-state index contributed by atoms with van der Waals surface area (Å²) in [6, 6.07) is 3.36. The van der Waals surface area contributed by atoms with Gasteiger partial charge in [-0.1, -0.05) is 25.1 Å². The third kappa shape index (κ3) is 2.77. The number of aliphatic hydroxyl groups excluding tert-OH is 1. The summed E-state index contributed by atoms with van der Waals surface area (Å²) >= 11 is 0. The Bertz CT molecular complexity index is 386. The van der Waals surface area contributed by atoms with Crippen molar-refractivity contribution in [1.82, 2.24) is 10.0 Å². The van der Waals surface area contributed by atoms with Crippen molar-refractivity contribution in [3.8, 4) is 0 Å². The number of aromatic nitrogens is 1. The highest BCUT2D eigenvalue weighted by molar-refractivity contribution is 5.15. The molecule has 18 heavy (non-hydrogen) atoms. The molecule has 1 aliphatic carbocycles. The van der Waals surface area contributed by atoms with E-state index < -0.39 is 6.10 Å². The van der Waals surface area contributed by atoms with Crippen molar-refractivity contribution in [2.24, 2.45) is 5.92 Å². The maximum atomic E-state index is 10.5. The van der Waals surface area contributed by atoms with Gasteiger partial charge in [0.05, 0.1) is 12.1 Å². The molecule has 1 aliphatic rings. The average Bonchev–Trinajstić information content (AvgIpc) is 2.93. The van der Waals surface area contributed by atoms with Gasteiger partial charge in [0.25, 0.3) is 0 Å². The van der Waals surface area contributed by atoms with Crippen LogP contribution in [0.15, 0.2) is 36.7 Å². The van der Waals surface area contributed by atoms with Gasteiger partial charge in [-0.15, -0.1) is 0 Å². The number of hydroxylamine groups is 2. The molecule has 0 aromatic carbocycles. The first-order valence-corrected chi connectivity index (χ1v) is 6.42. The SMILES string of the molecule is CCN(O)C(C1CC=CC1)C(O)c1cccnc1. The fraction of sp³-hybridized carbons (Fsp3) is 0.500. The number of rotatable bonds is 5. The van der Waals surface area contributed by atoms with Crippen molar-refractivity contribution in [1.29, 1.82) is 0 Å². The van der Waals surface area contributed by atoms with Gasteiger partial charge in [0, 0.05) is 24.5 Å². The van der Waals surface area contributed by atoms with Crippen molar-refractivity contribution in [3.63, 3.8) is 0 Å². The summed E-state index contributed by atoms with van der Waals surface area (Å²) in [7, 11) is 0. The van der Waals surface area contributed by atoms with E-state index in [-0.39, 0.29) is 12.0 Å². The second-order valence-corrected chi connectivity index (χ2v) is 4.68. The van der Waals surface area contributed by atoms with Crippen LogP contribution in [0.5, 0.6) is 0 Å². The maximum absolute atomic E-state index is 10.5. The fourth-order valence-corrected chi connectivity index (χ4v) is 2.54. The smallest absolute Gasteiger partial charge is 0.0986 e. The van der Waals surface area contributed by atoms with Gasteiger partial charge in [0.2, 0.25) is 0 Å². The minimum absolute atomic E-state index is 0.255. The van der Waals surface area contributed by atoms with Gasteiger partial charge in [0.15, 0.2) is 0 Å². The molecule has 0 bridgehead atoms. The first kappa shape index (κ1) is 13.2. The lowest BCUT2D eigenvalue weighted by Gasteiger charge is -2.34. The van der Waals surface area contributed by atoms with Gasteiger partial charge in [0.1, 0.15) is 0 Å². The van der Waals surface area contributed by atoms with Crippen LogP contribution < -0.4 is 0 Å². The Balaban J connectivity index is 2.18. The van der Waals surface area contributed by atoms with Crippen LogP contribution in [0.2, 0.25) is 0 Å². The molecule has 2 rings (SSSR count). The summed E-state index contributed by atoms with van der Waals surface area (Å²) in [4.78, 5) is 4.02. The molecule has 0 aliphatic heterocycles. The van der Waals surface area contributed by atoms with E-state index in [1.807, 2.05) is 13.0 Å². The Morgan fingerprint density at radius 3 is 2.72 bits per heavy atom. The Hall–Kier alpha value is -1.23. The van der Waals surface area contributed by atoms with E-state index in [2.05, 4.69) is 17.1 Å². The molecule has 0 radical (unpaired) electrons. The Morgan fingerprint density at radius 1 is 1.44 bits per heavy atom. The minimum atomic E-state index is -0.714. The third-order valence-electron chi connectivity index (χ3n) is 3.54. The van der Waals surface area contributed by atoms with E-state index in [9.17, 15) is 10.3 Å². The summed E-state index contributed by atoms with van der Waals surface area (Å²) in [6.07, 6.45) is 8.64. The fourth-order valence-electron chi connectivity index (χ4n) is 2.54. The molecule has 2 unspecified atom stereocenters. The summed E-state index contributed by atoms with van der Waals surface area (Å²) < 4.78 is 0. The second kappa shape index (κ2) is 6.09. The van der Waals surface area contributed by atoms with E-state index in [1.54, 1.807) is 18.5 Å². The predicted octanol–water partition coefficient (Wildman–Crippen LogP) is 2.16. The number of pyridine rings is 1. The monoisotopic (exact) mass is 248 g/mol. The highest BCUT2D eigenvalue weighted by Gasteiger charge is 2.33.